The first-order valence-electron chi connectivity index (χ1n) is 1.42. The van der Waals surface area contributed by atoms with E-state index in [-0.39, 0.29) is 60.6 Å². The molecule has 62 valence electrons. The van der Waals surface area contributed by atoms with Crippen LogP contribution in [0, 0.1) is 0 Å². The molecule has 0 saturated carbocycles. The van der Waals surface area contributed by atoms with Gasteiger partial charge >= 0.3 is 45.5 Å². The molecule has 0 rings (SSSR count). The zero-order valence-electron chi connectivity index (χ0n) is 7.91. The molecule has 0 aliphatic carbocycles. The van der Waals surface area contributed by atoms with Crippen LogP contribution in [-0.4, -0.2) is 62.2 Å². The van der Waals surface area contributed by atoms with Gasteiger partial charge in [-0.15, -0.1) is 12.6 Å². The van der Waals surface area contributed by atoms with Gasteiger partial charge in [0.2, 0.25) is 0 Å². The van der Waals surface area contributed by atoms with Crippen LogP contribution in [0.5, 0.6) is 0 Å². The van der Waals surface area contributed by atoms with Crippen LogP contribution in [0.4, 0.5) is 0 Å². The quantitative estimate of drug-likeness (QED) is 0.279. The Kier molecular flexibility index (Phi) is 100. The van der Waals surface area contributed by atoms with Crippen LogP contribution in [0.2, 0.25) is 0 Å². The molecule has 5 nitrogen and oxygen atoms in total. The standard InChI is InChI=1S/C2H4O2.CH2OS.2H3N.Sr.2H/c1-2(3)4;2-1-3;;;;;/h1H3,(H,3,4);1H,(H,2,3);2*1H3;;;/q;;;;+2;2*-1. The Balaban J connectivity index is -0.00000000597. The molecule has 0 atom stereocenters. The summed E-state index contributed by atoms with van der Waals surface area (Å²) < 4.78 is 0. The van der Waals surface area contributed by atoms with Crippen molar-refractivity contribution in [1.82, 2.24) is 12.3 Å². The van der Waals surface area contributed by atoms with Gasteiger partial charge in [0.25, 0.3) is 5.97 Å². The van der Waals surface area contributed by atoms with E-state index in [0.717, 1.165) is 6.92 Å². The maximum Gasteiger partial charge on any atom is 2.00 e. The van der Waals surface area contributed by atoms with Crippen molar-refractivity contribution in [2.45, 2.75) is 6.92 Å². The van der Waals surface area contributed by atoms with E-state index in [4.69, 9.17) is 14.7 Å². The molecule has 0 aliphatic heterocycles. The van der Waals surface area contributed by atoms with Crippen LogP contribution in [0.15, 0.2) is 0 Å². The maximum absolute atomic E-state index is 9.00. The predicted octanol–water partition coefficient (Wildman–Crippen LogP) is 0.365. The minimum Gasteiger partial charge on any atom is -1.00 e. The van der Waals surface area contributed by atoms with E-state index in [1.54, 1.807) is 0 Å². The summed E-state index contributed by atoms with van der Waals surface area (Å²) in [6.07, 6.45) is 0. The summed E-state index contributed by atoms with van der Waals surface area (Å²) in [7, 11) is 0. The Hall–Kier alpha value is 0.891. The van der Waals surface area contributed by atoms with Crippen LogP contribution in [-0.2, 0) is 9.59 Å². The van der Waals surface area contributed by atoms with Gasteiger partial charge in [0.1, 0.15) is 0 Å². The topological polar surface area (TPSA) is 124 Å². The molecule has 0 aliphatic rings. The molecule has 0 amide bonds. The molecule has 7 heteroatoms. The third kappa shape index (κ3) is 698. The van der Waals surface area contributed by atoms with Crippen LogP contribution < -0.4 is 12.3 Å². The smallest absolute Gasteiger partial charge is 1.00 e. The number of thiol groups is 1. The van der Waals surface area contributed by atoms with Gasteiger partial charge in [-0.25, -0.2) is 0 Å². The first-order valence-corrected chi connectivity index (χ1v) is 1.94. The van der Waals surface area contributed by atoms with E-state index in [1.807, 2.05) is 0 Å². The van der Waals surface area contributed by atoms with E-state index in [0.29, 0.717) is 5.62 Å². The van der Waals surface area contributed by atoms with Crippen molar-refractivity contribution in [2.75, 3.05) is 0 Å². The van der Waals surface area contributed by atoms with Crippen molar-refractivity contribution in [3.05, 3.63) is 0 Å². The van der Waals surface area contributed by atoms with Gasteiger partial charge < -0.3 is 20.3 Å². The Morgan fingerprint density at radius 1 is 1.60 bits per heavy atom. The second-order valence-electron chi connectivity index (χ2n) is 0.624. The Bertz CT molecular complexity index is 76.6. The van der Waals surface area contributed by atoms with Crippen LogP contribution >= 0.6 is 12.6 Å². The van der Waals surface area contributed by atoms with Crippen LogP contribution in [0.25, 0.3) is 0 Å². The third-order valence-electron chi connectivity index (χ3n) is 0. The van der Waals surface area contributed by atoms with Crippen molar-refractivity contribution in [3.63, 3.8) is 0 Å². The summed E-state index contributed by atoms with van der Waals surface area (Å²) in [6.45, 7) is 1.08. The summed E-state index contributed by atoms with van der Waals surface area (Å²) >= 11 is 3.11. The molecule has 10 heavy (non-hydrogen) atoms. The van der Waals surface area contributed by atoms with Crippen LogP contribution in [0.3, 0.4) is 0 Å². The van der Waals surface area contributed by atoms with Gasteiger partial charge in [0, 0.05) is 6.92 Å². The summed E-state index contributed by atoms with van der Waals surface area (Å²) in [4.78, 5) is 17.7. The third-order valence-corrected chi connectivity index (χ3v) is 0. The van der Waals surface area contributed by atoms with E-state index in [2.05, 4.69) is 12.6 Å². The average molecular weight is 246 g/mol. The molecule has 0 aromatic rings. The number of hydrogen-bond acceptors (Lipinski definition) is 4. The fourth-order valence-electron chi connectivity index (χ4n) is 0. The molecule has 0 aromatic heterocycles. The normalized spacial score (nSPS) is 3.80. The number of carboxylic acids is 1. The van der Waals surface area contributed by atoms with Gasteiger partial charge in [-0.1, -0.05) is 0 Å². The SMILES string of the molecule is CC(=O)O.N.N.O=CS.[H-].[H-].[Sr+2]. The molecule has 7 N–H and O–H groups in total. The second kappa shape index (κ2) is 32.7. The minimum atomic E-state index is -0.833. The monoisotopic (exact) mass is 246 g/mol. The predicted molar refractivity (Wildman–Crippen MR) is 47.1 cm³/mol. The molecule has 0 fully saturated rings. The largest absolute Gasteiger partial charge is 2.00 e. The summed E-state index contributed by atoms with van der Waals surface area (Å²) in [6, 6.07) is 0. The molecule has 0 saturated heterocycles. The molecule has 0 unspecified atom stereocenters. The van der Waals surface area contributed by atoms with Crippen molar-refractivity contribution in [3.8, 4) is 0 Å². The number of carbonyl (C=O) groups excluding carboxylic acids is 1. The van der Waals surface area contributed by atoms with E-state index >= 15 is 0 Å². The molecule has 0 spiro atoms. The number of carboxylic acid groups (broad SMARTS) is 1. The van der Waals surface area contributed by atoms with Crippen molar-refractivity contribution >= 4 is 69.7 Å². The van der Waals surface area contributed by atoms with E-state index in [1.165, 1.54) is 0 Å². The molecular formula is C3H14N2O3SSr. The molecular weight excluding hydrogens is 232 g/mol. The first-order chi connectivity index (χ1) is 3.15. The number of carbonyl (C=O) groups is 2. The van der Waals surface area contributed by atoms with Crippen molar-refractivity contribution in [1.29, 1.82) is 0 Å². The average Bonchev–Trinajstić information content (AvgIpc) is 1.33. The van der Waals surface area contributed by atoms with E-state index < -0.39 is 5.97 Å². The van der Waals surface area contributed by atoms with Gasteiger partial charge in [-0.05, 0) is 0 Å². The minimum absolute atomic E-state index is 0. The number of hydrogen-bond donors (Lipinski definition) is 4. The van der Waals surface area contributed by atoms with E-state index in [9.17, 15) is 0 Å². The zero-order chi connectivity index (χ0) is 6.28. The fourth-order valence-corrected chi connectivity index (χ4v) is 0. The van der Waals surface area contributed by atoms with Gasteiger partial charge in [0.05, 0.1) is 0 Å². The van der Waals surface area contributed by atoms with Gasteiger partial charge in [-0.3, -0.25) is 9.59 Å². The van der Waals surface area contributed by atoms with Crippen molar-refractivity contribution < 1.29 is 17.5 Å². The number of aliphatic carboxylic acids is 1. The van der Waals surface area contributed by atoms with Gasteiger partial charge in [-0.2, -0.15) is 0 Å². The summed E-state index contributed by atoms with van der Waals surface area (Å²) in [5, 5.41) is 7.42. The number of rotatable bonds is 0. The maximum atomic E-state index is 9.00. The molecule has 0 aromatic carbocycles. The molecule has 0 heterocycles. The Labute approximate surface area is 105 Å². The van der Waals surface area contributed by atoms with Crippen molar-refractivity contribution in [2.24, 2.45) is 0 Å². The molecule has 0 bridgehead atoms. The summed E-state index contributed by atoms with van der Waals surface area (Å²) in [5.41, 5.74) is 0.444. The second-order valence-corrected chi connectivity index (χ2v) is 0.835. The Morgan fingerprint density at radius 2 is 1.60 bits per heavy atom. The summed E-state index contributed by atoms with van der Waals surface area (Å²) in [5.74, 6) is -0.833. The Morgan fingerprint density at radius 3 is 1.60 bits per heavy atom. The first kappa shape index (κ1) is 30.7. The zero-order valence-corrected chi connectivity index (χ0v) is 10.3. The molecule has 0 radical (unpaired) electrons. The van der Waals surface area contributed by atoms with Gasteiger partial charge in [0.15, 0.2) is 5.62 Å². The van der Waals surface area contributed by atoms with Crippen LogP contribution in [0.1, 0.15) is 9.78 Å². The fraction of sp³-hybridized carbons (Fsp3) is 0.333.